The van der Waals surface area contributed by atoms with E-state index >= 15 is 0 Å². The third kappa shape index (κ3) is 2.22. The van der Waals surface area contributed by atoms with Crippen LogP contribution in [0.15, 0.2) is 18.3 Å². The van der Waals surface area contributed by atoms with Crippen LogP contribution in [0.1, 0.15) is 18.4 Å². The van der Waals surface area contributed by atoms with E-state index in [4.69, 9.17) is 23.2 Å². The average Bonchev–Trinajstić information content (AvgIpc) is 2.79. The Morgan fingerprint density at radius 3 is 3.00 bits per heavy atom. The molecule has 0 aromatic carbocycles. The molecule has 1 fully saturated rings. The van der Waals surface area contributed by atoms with Crippen molar-refractivity contribution >= 4 is 28.8 Å². The topological polar surface area (TPSA) is 24.9 Å². The molecule has 2 heterocycles. The minimum atomic E-state index is 0.382. The summed E-state index contributed by atoms with van der Waals surface area (Å²) in [6.07, 6.45) is 6.57. The first-order chi connectivity index (χ1) is 8.24. The van der Waals surface area contributed by atoms with Gasteiger partial charge in [0.15, 0.2) is 0 Å². The van der Waals surface area contributed by atoms with Gasteiger partial charge in [0, 0.05) is 12.7 Å². The van der Waals surface area contributed by atoms with Crippen molar-refractivity contribution in [3.63, 3.8) is 0 Å². The summed E-state index contributed by atoms with van der Waals surface area (Å²) in [5.74, 6) is 1.49. The highest BCUT2D eigenvalue weighted by atomic mass is 35.5. The third-order valence-corrected chi connectivity index (χ3v) is 4.44. The first-order valence-corrected chi connectivity index (χ1v) is 6.72. The van der Waals surface area contributed by atoms with E-state index in [0.29, 0.717) is 16.1 Å². The zero-order valence-corrected chi connectivity index (χ0v) is 10.9. The molecule has 0 bridgehead atoms. The number of hydrogen-bond acceptors (Lipinski definition) is 2. The number of pyridine rings is 1. The SMILES string of the molecule is Clc1cc(C2=C[C@@H]3CNC[C@@H]3CC2)cnc1Cl. The fourth-order valence-electron chi connectivity index (χ4n) is 2.78. The molecule has 2 atom stereocenters. The van der Waals surface area contributed by atoms with Gasteiger partial charge in [0.25, 0.3) is 0 Å². The van der Waals surface area contributed by atoms with Crippen LogP contribution in [0.5, 0.6) is 0 Å². The standard InChI is InChI=1S/C13H14Cl2N2/c14-12-4-11(7-17-13(12)15)8-1-2-9-5-16-6-10(9)3-8/h3-4,7,9-10,16H,1-2,5-6H2/t9-,10+/m0/s1. The van der Waals surface area contributed by atoms with Crippen molar-refractivity contribution < 1.29 is 0 Å². The fraction of sp³-hybridized carbons (Fsp3) is 0.462. The van der Waals surface area contributed by atoms with Gasteiger partial charge in [-0.1, -0.05) is 29.3 Å². The van der Waals surface area contributed by atoms with Crippen molar-refractivity contribution in [2.24, 2.45) is 11.8 Å². The minimum absolute atomic E-state index is 0.382. The molecule has 0 amide bonds. The molecule has 1 N–H and O–H groups in total. The smallest absolute Gasteiger partial charge is 0.147 e. The quantitative estimate of drug-likeness (QED) is 0.790. The summed E-state index contributed by atoms with van der Waals surface area (Å²) in [4.78, 5) is 4.12. The Morgan fingerprint density at radius 2 is 2.18 bits per heavy atom. The number of halogens is 2. The van der Waals surface area contributed by atoms with Crippen molar-refractivity contribution in [2.45, 2.75) is 12.8 Å². The molecule has 0 spiro atoms. The molecule has 1 aliphatic heterocycles. The van der Waals surface area contributed by atoms with Crippen LogP contribution in [0.25, 0.3) is 5.57 Å². The summed E-state index contributed by atoms with van der Waals surface area (Å²) in [5.41, 5.74) is 2.48. The van der Waals surface area contributed by atoms with Gasteiger partial charge < -0.3 is 5.32 Å². The zero-order chi connectivity index (χ0) is 11.8. The lowest BCUT2D eigenvalue weighted by Gasteiger charge is -2.23. The lowest BCUT2D eigenvalue weighted by molar-refractivity contribution is 0.448. The van der Waals surface area contributed by atoms with Crippen LogP contribution in [-0.4, -0.2) is 18.1 Å². The van der Waals surface area contributed by atoms with Crippen LogP contribution in [0.2, 0.25) is 10.2 Å². The summed E-state index contributed by atoms with van der Waals surface area (Å²) in [5, 5.41) is 4.37. The maximum absolute atomic E-state index is 6.01. The van der Waals surface area contributed by atoms with Crippen LogP contribution >= 0.6 is 23.2 Å². The van der Waals surface area contributed by atoms with Gasteiger partial charge in [-0.25, -0.2) is 4.98 Å². The summed E-state index contributed by atoms with van der Waals surface area (Å²) in [6.45, 7) is 2.26. The predicted octanol–water partition coefficient (Wildman–Crippen LogP) is 3.40. The number of allylic oxidation sites excluding steroid dienone is 1. The Hall–Kier alpha value is -0.570. The summed E-state index contributed by atoms with van der Waals surface area (Å²) in [6, 6.07) is 1.92. The molecule has 1 aliphatic carbocycles. The van der Waals surface area contributed by atoms with Crippen molar-refractivity contribution in [2.75, 3.05) is 13.1 Å². The first-order valence-electron chi connectivity index (χ1n) is 5.97. The van der Waals surface area contributed by atoms with Gasteiger partial charge >= 0.3 is 0 Å². The Labute approximate surface area is 111 Å². The lowest BCUT2D eigenvalue weighted by Crippen LogP contribution is -2.15. The van der Waals surface area contributed by atoms with Crippen LogP contribution in [0.4, 0.5) is 0 Å². The molecule has 0 unspecified atom stereocenters. The van der Waals surface area contributed by atoms with Crippen LogP contribution in [0, 0.1) is 11.8 Å². The Morgan fingerprint density at radius 1 is 1.29 bits per heavy atom. The van der Waals surface area contributed by atoms with E-state index in [2.05, 4.69) is 16.4 Å². The highest BCUT2D eigenvalue weighted by molar-refractivity contribution is 6.41. The Bertz CT molecular complexity index is 470. The molecule has 0 radical (unpaired) electrons. The van der Waals surface area contributed by atoms with Gasteiger partial charge in [-0.05, 0) is 48.4 Å². The number of rotatable bonds is 1. The molecule has 4 heteroatoms. The Balaban J connectivity index is 1.91. The van der Waals surface area contributed by atoms with E-state index in [9.17, 15) is 0 Å². The number of nitrogens with one attached hydrogen (secondary N) is 1. The minimum Gasteiger partial charge on any atom is -0.316 e. The van der Waals surface area contributed by atoms with Crippen molar-refractivity contribution in [3.05, 3.63) is 34.1 Å². The van der Waals surface area contributed by atoms with E-state index in [1.165, 1.54) is 12.0 Å². The molecule has 90 valence electrons. The van der Waals surface area contributed by atoms with Gasteiger partial charge in [0.05, 0.1) is 5.02 Å². The normalized spacial score (nSPS) is 27.8. The highest BCUT2D eigenvalue weighted by Gasteiger charge is 2.29. The third-order valence-electron chi connectivity index (χ3n) is 3.76. The highest BCUT2D eigenvalue weighted by Crippen LogP contribution is 2.36. The average molecular weight is 269 g/mol. The fourth-order valence-corrected chi connectivity index (χ4v) is 3.05. The van der Waals surface area contributed by atoms with E-state index < -0.39 is 0 Å². The summed E-state index contributed by atoms with van der Waals surface area (Å²) >= 11 is 11.8. The number of nitrogens with zero attached hydrogens (tertiary/aromatic N) is 1. The lowest BCUT2D eigenvalue weighted by atomic mass is 9.81. The monoisotopic (exact) mass is 268 g/mol. The van der Waals surface area contributed by atoms with Gasteiger partial charge in [0.1, 0.15) is 5.15 Å². The molecule has 17 heavy (non-hydrogen) atoms. The molecule has 1 aromatic rings. The zero-order valence-electron chi connectivity index (χ0n) is 9.42. The molecular formula is C13H14Cl2N2. The van der Waals surface area contributed by atoms with Gasteiger partial charge in [-0.15, -0.1) is 0 Å². The summed E-state index contributed by atoms with van der Waals surface area (Å²) < 4.78 is 0. The predicted molar refractivity (Wildman–Crippen MR) is 71.3 cm³/mol. The first kappa shape index (κ1) is 11.5. The number of aromatic nitrogens is 1. The maximum Gasteiger partial charge on any atom is 0.147 e. The maximum atomic E-state index is 6.01. The van der Waals surface area contributed by atoms with E-state index in [1.54, 1.807) is 0 Å². The second-order valence-electron chi connectivity index (χ2n) is 4.81. The second-order valence-corrected chi connectivity index (χ2v) is 5.57. The van der Waals surface area contributed by atoms with Gasteiger partial charge in [0.2, 0.25) is 0 Å². The van der Waals surface area contributed by atoms with Gasteiger partial charge in [-0.2, -0.15) is 0 Å². The van der Waals surface area contributed by atoms with E-state index in [1.807, 2.05) is 12.3 Å². The Kier molecular flexibility index (Phi) is 3.12. The molecule has 2 nitrogen and oxygen atoms in total. The van der Waals surface area contributed by atoms with E-state index in [-0.39, 0.29) is 0 Å². The van der Waals surface area contributed by atoms with Crippen LogP contribution in [0.3, 0.4) is 0 Å². The molecule has 3 rings (SSSR count). The van der Waals surface area contributed by atoms with Gasteiger partial charge in [-0.3, -0.25) is 0 Å². The molecular weight excluding hydrogens is 255 g/mol. The van der Waals surface area contributed by atoms with Crippen LogP contribution < -0.4 is 5.32 Å². The molecule has 1 aromatic heterocycles. The van der Waals surface area contributed by atoms with Crippen molar-refractivity contribution in [1.29, 1.82) is 0 Å². The van der Waals surface area contributed by atoms with E-state index in [0.717, 1.165) is 31.0 Å². The van der Waals surface area contributed by atoms with Crippen molar-refractivity contribution in [3.8, 4) is 0 Å². The van der Waals surface area contributed by atoms with Crippen molar-refractivity contribution in [1.82, 2.24) is 10.3 Å². The molecule has 2 aliphatic rings. The molecule has 0 saturated carbocycles. The molecule has 1 saturated heterocycles. The second kappa shape index (κ2) is 4.60. The van der Waals surface area contributed by atoms with Crippen LogP contribution in [-0.2, 0) is 0 Å². The largest absolute Gasteiger partial charge is 0.316 e. The number of hydrogen-bond donors (Lipinski definition) is 1. The number of fused-ring (bicyclic) bond motifs is 1. The summed E-state index contributed by atoms with van der Waals surface area (Å²) in [7, 11) is 0.